The maximum absolute atomic E-state index is 12.7. The highest BCUT2D eigenvalue weighted by Crippen LogP contribution is 2.44. The molecule has 2 aromatic rings. The summed E-state index contributed by atoms with van der Waals surface area (Å²) in [6, 6.07) is 14.7. The Hall–Kier alpha value is -3.39. The molecule has 3 rings (SSSR count). The highest BCUT2D eigenvalue weighted by Gasteiger charge is 2.30. The van der Waals surface area contributed by atoms with E-state index in [1.807, 2.05) is 55.4 Å². The van der Waals surface area contributed by atoms with E-state index in [1.165, 1.54) is 0 Å². The van der Waals surface area contributed by atoms with Gasteiger partial charge in [-0.1, -0.05) is 48.5 Å². The largest absolute Gasteiger partial charge is 0.481 e. The summed E-state index contributed by atoms with van der Waals surface area (Å²) in [5.74, 6) is -1.51. The van der Waals surface area contributed by atoms with E-state index >= 15 is 0 Å². The third kappa shape index (κ3) is 6.32. The van der Waals surface area contributed by atoms with Crippen molar-refractivity contribution in [2.24, 2.45) is 0 Å². The maximum atomic E-state index is 12.7. The molecule has 0 spiro atoms. The molecule has 0 fully saturated rings. The Morgan fingerprint density at radius 1 is 1.00 bits per heavy atom. The van der Waals surface area contributed by atoms with Crippen LogP contribution in [0.5, 0.6) is 0 Å². The summed E-state index contributed by atoms with van der Waals surface area (Å²) in [5.41, 5.74) is 4.49. The lowest BCUT2D eigenvalue weighted by Crippen LogP contribution is -2.50. The lowest BCUT2D eigenvalue weighted by Gasteiger charge is -2.22. The molecule has 0 bridgehead atoms. The van der Waals surface area contributed by atoms with Crippen molar-refractivity contribution in [1.29, 1.82) is 0 Å². The molecule has 3 N–H and O–H groups in total. The second kappa shape index (κ2) is 11.0. The minimum Gasteiger partial charge on any atom is -0.481 e. The lowest BCUT2D eigenvalue weighted by atomic mass is 9.98. The second-order valence-corrected chi connectivity index (χ2v) is 8.62. The molecule has 0 saturated heterocycles. The minimum absolute atomic E-state index is 0.0761. The van der Waals surface area contributed by atoms with Crippen molar-refractivity contribution >= 4 is 18.0 Å². The zero-order chi connectivity index (χ0) is 24.0. The number of nitrogens with one attached hydrogen (secondary N) is 2. The van der Waals surface area contributed by atoms with Gasteiger partial charge < -0.3 is 25.4 Å². The molecule has 0 radical (unpaired) electrons. The van der Waals surface area contributed by atoms with E-state index in [-0.39, 0.29) is 18.9 Å². The van der Waals surface area contributed by atoms with Gasteiger partial charge in [0.2, 0.25) is 5.91 Å². The van der Waals surface area contributed by atoms with E-state index in [1.54, 1.807) is 6.92 Å². The van der Waals surface area contributed by atoms with Crippen molar-refractivity contribution in [3.05, 3.63) is 59.7 Å². The molecule has 0 aliphatic heterocycles. The van der Waals surface area contributed by atoms with Crippen LogP contribution >= 0.6 is 0 Å². The Bertz CT molecular complexity index is 962. The van der Waals surface area contributed by atoms with Crippen molar-refractivity contribution in [1.82, 2.24) is 15.5 Å². The third-order valence-corrected chi connectivity index (χ3v) is 5.69. The molecule has 0 aromatic heterocycles. The summed E-state index contributed by atoms with van der Waals surface area (Å²) in [6.45, 7) is 2.33. The van der Waals surface area contributed by atoms with Crippen molar-refractivity contribution in [3.63, 3.8) is 0 Å². The zero-order valence-corrected chi connectivity index (χ0v) is 19.2. The molecule has 0 saturated carbocycles. The number of carbonyl (C=O) groups is 3. The summed E-state index contributed by atoms with van der Waals surface area (Å²) in [5, 5.41) is 14.2. The van der Waals surface area contributed by atoms with Crippen LogP contribution in [0.2, 0.25) is 0 Å². The number of amides is 2. The van der Waals surface area contributed by atoms with Crippen LogP contribution in [0.15, 0.2) is 48.5 Å². The van der Waals surface area contributed by atoms with Crippen molar-refractivity contribution < 1.29 is 24.2 Å². The number of benzene rings is 2. The van der Waals surface area contributed by atoms with Crippen LogP contribution in [0.3, 0.4) is 0 Å². The summed E-state index contributed by atoms with van der Waals surface area (Å²) in [4.78, 5) is 38.1. The predicted octanol–water partition coefficient (Wildman–Crippen LogP) is 2.82. The van der Waals surface area contributed by atoms with Gasteiger partial charge in [-0.05, 0) is 56.2 Å². The van der Waals surface area contributed by atoms with Gasteiger partial charge >= 0.3 is 12.1 Å². The Morgan fingerprint density at radius 2 is 1.58 bits per heavy atom. The number of hydrogen-bond acceptors (Lipinski definition) is 5. The van der Waals surface area contributed by atoms with Crippen molar-refractivity contribution in [2.45, 2.75) is 37.8 Å². The van der Waals surface area contributed by atoms with Gasteiger partial charge in [0.1, 0.15) is 12.6 Å². The standard InChI is InChI=1S/C25H31N3O5/c1-16(14-23(29)30)26-24(31)22(12-13-28(2)3)27-25(32)33-15-21-19-10-6-4-8-17(19)18-9-5-7-11-20(18)21/h4-11,16,21-22H,12-15H2,1-3H3,(H,26,31)(H,27,32)(H,29,30). The Balaban J connectivity index is 1.64. The summed E-state index contributed by atoms with van der Waals surface area (Å²) < 4.78 is 5.56. The van der Waals surface area contributed by atoms with E-state index < -0.39 is 30.1 Å². The number of carboxylic acids is 1. The summed E-state index contributed by atoms with van der Waals surface area (Å²) in [7, 11) is 3.74. The molecule has 2 atom stereocenters. The topological polar surface area (TPSA) is 108 Å². The molecule has 1 aliphatic rings. The molecule has 33 heavy (non-hydrogen) atoms. The number of fused-ring (bicyclic) bond motifs is 3. The first-order valence-corrected chi connectivity index (χ1v) is 11.0. The van der Waals surface area contributed by atoms with E-state index in [9.17, 15) is 14.4 Å². The predicted molar refractivity (Wildman–Crippen MR) is 125 cm³/mol. The molecule has 8 heteroatoms. The highest BCUT2D eigenvalue weighted by molar-refractivity contribution is 5.86. The molecular weight excluding hydrogens is 422 g/mol. The number of ether oxygens (including phenoxy) is 1. The number of hydrogen-bond donors (Lipinski definition) is 3. The molecule has 1 aliphatic carbocycles. The number of carbonyl (C=O) groups excluding carboxylic acids is 2. The van der Waals surface area contributed by atoms with Crippen LogP contribution in [0.25, 0.3) is 11.1 Å². The van der Waals surface area contributed by atoms with Gasteiger partial charge in [-0.15, -0.1) is 0 Å². The molecule has 2 aromatic carbocycles. The Morgan fingerprint density at radius 3 is 2.12 bits per heavy atom. The molecule has 2 amide bonds. The van der Waals surface area contributed by atoms with Gasteiger partial charge in [0.25, 0.3) is 0 Å². The van der Waals surface area contributed by atoms with Gasteiger partial charge in [0.15, 0.2) is 0 Å². The Labute approximate surface area is 193 Å². The number of carboxylic acid groups (broad SMARTS) is 1. The third-order valence-electron chi connectivity index (χ3n) is 5.69. The van der Waals surface area contributed by atoms with Crippen molar-refractivity contribution in [3.8, 4) is 11.1 Å². The maximum Gasteiger partial charge on any atom is 0.407 e. The van der Waals surface area contributed by atoms with Crippen LogP contribution in [0.1, 0.15) is 36.8 Å². The lowest BCUT2D eigenvalue weighted by molar-refractivity contribution is -0.137. The van der Waals surface area contributed by atoms with Crippen LogP contribution < -0.4 is 10.6 Å². The monoisotopic (exact) mass is 453 g/mol. The number of aliphatic carboxylic acids is 1. The average molecular weight is 454 g/mol. The normalized spacial score (nSPS) is 14.2. The van der Waals surface area contributed by atoms with E-state index in [2.05, 4.69) is 22.8 Å². The fourth-order valence-electron chi connectivity index (χ4n) is 4.09. The van der Waals surface area contributed by atoms with Crippen LogP contribution in [0.4, 0.5) is 4.79 Å². The van der Waals surface area contributed by atoms with E-state index in [0.717, 1.165) is 22.3 Å². The fourth-order valence-corrected chi connectivity index (χ4v) is 4.09. The molecule has 8 nitrogen and oxygen atoms in total. The minimum atomic E-state index is -1.00. The van der Waals surface area contributed by atoms with Crippen LogP contribution in [0, 0.1) is 0 Å². The smallest absolute Gasteiger partial charge is 0.407 e. The van der Waals surface area contributed by atoms with Gasteiger partial charge in [0.05, 0.1) is 6.42 Å². The Kier molecular flexibility index (Phi) is 8.06. The van der Waals surface area contributed by atoms with Crippen LogP contribution in [-0.2, 0) is 14.3 Å². The SMILES string of the molecule is CC(CC(=O)O)NC(=O)C(CCN(C)C)NC(=O)OCC1c2ccccc2-c2ccccc21. The van der Waals surface area contributed by atoms with Gasteiger partial charge in [-0.25, -0.2) is 4.79 Å². The second-order valence-electron chi connectivity index (χ2n) is 8.62. The molecule has 176 valence electrons. The number of alkyl carbamates (subject to hydrolysis) is 1. The van der Waals surface area contributed by atoms with Gasteiger partial charge in [-0.2, -0.15) is 0 Å². The van der Waals surface area contributed by atoms with Crippen molar-refractivity contribution in [2.75, 3.05) is 27.2 Å². The number of nitrogens with zero attached hydrogens (tertiary/aromatic N) is 1. The fraction of sp³-hybridized carbons (Fsp3) is 0.400. The summed E-state index contributed by atoms with van der Waals surface area (Å²) in [6.07, 6.45) is -0.512. The highest BCUT2D eigenvalue weighted by atomic mass is 16.5. The average Bonchev–Trinajstić information content (AvgIpc) is 3.08. The number of rotatable bonds is 10. The van der Waals surface area contributed by atoms with Gasteiger partial charge in [-0.3, -0.25) is 9.59 Å². The molecule has 0 heterocycles. The summed E-state index contributed by atoms with van der Waals surface area (Å²) >= 11 is 0. The van der Waals surface area contributed by atoms with Crippen LogP contribution in [-0.4, -0.2) is 67.3 Å². The quantitative estimate of drug-likeness (QED) is 0.511. The first kappa shape index (κ1) is 24.3. The first-order chi connectivity index (χ1) is 15.8. The zero-order valence-electron chi connectivity index (χ0n) is 19.2. The van der Waals surface area contributed by atoms with E-state index in [0.29, 0.717) is 13.0 Å². The van der Waals surface area contributed by atoms with E-state index in [4.69, 9.17) is 9.84 Å². The van der Waals surface area contributed by atoms with Gasteiger partial charge in [0, 0.05) is 12.0 Å². The first-order valence-electron chi connectivity index (χ1n) is 11.0. The molecular formula is C25H31N3O5. The molecule has 2 unspecified atom stereocenters.